The van der Waals surface area contributed by atoms with Gasteiger partial charge in [-0.05, 0) is 37.7 Å². The summed E-state index contributed by atoms with van der Waals surface area (Å²) in [4.78, 5) is 12.9. The summed E-state index contributed by atoms with van der Waals surface area (Å²) in [6.07, 6.45) is 10.5. The molecule has 0 saturated heterocycles. The van der Waals surface area contributed by atoms with Crippen molar-refractivity contribution in [2.45, 2.75) is 70.5 Å². The molecule has 1 aromatic heterocycles. The molecule has 7 nitrogen and oxygen atoms in total. The van der Waals surface area contributed by atoms with Gasteiger partial charge in [-0.15, -0.1) is 0 Å². The molecule has 0 spiro atoms. The maximum absolute atomic E-state index is 9.34. The molecule has 2 rings (SSSR count). The van der Waals surface area contributed by atoms with E-state index in [-0.39, 0.29) is 5.92 Å². The van der Waals surface area contributed by atoms with Crippen LogP contribution < -0.4 is 10.6 Å². The van der Waals surface area contributed by atoms with Crippen LogP contribution in [-0.4, -0.2) is 52.1 Å². The van der Waals surface area contributed by atoms with Gasteiger partial charge in [-0.2, -0.15) is 0 Å². The van der Waals surface area contributed by atoms with Gasteiger partial charge in [0.05, 0.1) is 0 Å². The first-order valence-electron chi connectivity index (χ1n) is 9.82. The molecule has 1 atom stereocenters. The van der Waals surface area contributed by atoms with Crippen LogP contribution >= 0.6 is 0 Å². The zero-order chi connectivity index (χ0) is 18.6. The van der Waals surface area contributed by atoms with Crippen LogP contribution in [0.1, 0.15) is 68.7 Å². The van der Waals surface area contributed by atoms with E-state index in [2.05, 4.69) is 25.6 Å². The molecule has 1 unspecified atom stereocenters. The van der Waals surface area contributed by atoms with Crippen molar-refractivity contribution in [2.24, 2.45) is 4.99 Å². The molecule has 146 valence electrons. The molecule has 0 fully saturated rings. The Hall–Kier alpha value is -1.73. The largest absolute Gasteiger partial charge is 0.368 e. The zero-order valence-corrected chi connectivity index (χ0v) is 15.8. The molecule has 0 saturated carbocycles. The second-order valence-electron chi connectivity index (χ2n) is 6.97. The number of guanidine groups is 1. The number of aliphatic hydroxyl groups is 2. The van der Waals surface area contributed by atoms with E-state index in [1.807, 2.05) is 19.3 Å². The van der Waals surface area contributed by atoms with Gasteiger partial charge >= 0.3 is 0 Å². The van der Waals surface area contributed by atoms with Crippen LogP contribution in [0.4, 0.5) is 0 Å². The fourth-order valence-corrected chi connectivity index (χ4v) is 3.19. The summed E-state index contributed by atoms with van der Waals surface area (Å²) < 4.78 is 0. The number of hydrogen-bond donors (Lipinski definition) is 4. The van der Waals surface area contributed by atoms with Crippen molar-refractivity contribution in [3.05, 3.63) is 23.8 Å². The van der Waals surface area contributed by atoms with Crippen LogP contribution in [0.2, 0.25) is 0 Å². The molecule has 0 bridgehead atoms. The van der Waals surface area contributed by atoms with E-state index in [1.165, 1.54) is 12.8 Å². The predicted octanol–water partition coefficient (Wildman–Crippen LogP) is 1.85. The lowest BCUT2D eigenvalue weighted by molar-refractivity contribution is -0.0504. The van der Waals surface area contributed by atoms with Crippen molar-refractivity contribution in [2.75, 3.05) is 19.6 Å². The van der Waals surface area contributed by atoms with Gasteiger partial charge in [0.25, 0.3) is 0 Å². The Morgan fingerprint density at radius 3 is 2.54 bits per heavy atom. The van der Waals surface area contributed by atoms with E-state index in [1.54, 1.807) is 0 Å². The molecule has 0 aromatic carbocycles. The van der Waals surface area contributed by atoms with Gasteiger partial charge < -0.3 is 20.8 Å². The van der Waals surface area contributed by atoms with E-state index in [0.29, 0.717) is 6.42 Å². The van der Waals surface area contributed by atoms with Crippen molar-refractivity contribution in [1.82, 2.24) is 20.6 Å². The lowest BCUT2D eigenvalue weighted by atomic mass is 9.91. The molecule has 7 heteroatoms. The fraction of sp³-hybridized carbons (Fsp3) is 0.737. The fourth-order valence-electron chi connectivity index (χ4n) is 3.19. The number of aliphatic hydroxyl groups excluding tert-OH is 1. The Labute approximate surface area is 156 Å². The molecule has 0 aliphatic carbocycles. The van der Waals surface area contributed by atoms with Crippen LogP contribution in [0.5, 0.6) is 0 Å². The maximum atomic E-state index is 9.34. The van der Waals surface area contributed by atoms with Crippen molar-refractivity contribution in [3.63, 3.8) is 0 Å². The summed E-state index contributed by atoms with van der Waals surface area (Å²) in [6, 6.07) is 0. The van der Waals surface area contributed by atoms with Crippen LogP contribution in [-0.2, 0) is 0 Å². The maximum Gasteiger partial charge on any atom is 0.191 e. The number of aliphatic imine (C=N–C) groups is 1. The van der Waals surface area contributed by atoms with E-state index in [9.17, 15) is 10.2 Å². The number of aryl methyl sites for hydroxylation is 1. The third-order valence-corrected chi connectivity index (χ3v) is 4.69. The molecule has 2 heterocycles. The summed E-state index contributed by atoms with van der Waals surface area (Å²) in [5.74, 6) is 1.79. The highest BCUT2D eigenvalue weighted by atomic mass is 16.5. The summed E-state index contributed by atoms with van der Waals surface area (Å²) in [6.45, 7) is 4.75. The normalized spacial score (nSPS) is 15.5. The average molecular weight is 364 g/mol. The summed E-state index contributed by atoms with van der Waals surface area (Å²) in [7, 11) is 0. The minimum Gasteiger partial charge on any atom is -0.368 e. The van der Waals surface area contributed by atoms with Gasteiger partial charge in [-0.1, -0.05) is 25.7 Å². The Morgan fingerprint density at radius 1 is 1.12 bits per heavy atom. The SMILES string of the molecule is Cc1ncc(C(CCCCCCCNC2=NCCCN2)CC(O)O)cn1. The molecular formula is C19H33N5O2. The minimum absolute atomic E-state index is 0.104. The van der Waals surface area contributed by atoms with Gasteiger partial charge in [0.2, 0.25) is 0 Å². The summed E-state index contributed by atoms with van der Waals surface area (Å²) in [5.41, 5.74) is 0.994. The topological polar surface area (TPSA) is 103 Å². The van der Waals surface area contributed by atoms with Crippen molar-refractivity contribution >= 4 is 5.96 Å². The first kappa shape index (κ1) is 20.6. The quantitative estimate of drug-likeness (QED) is 0.353. The Bertz CT molecular complexity index is 533. The van der Waals surface area contributed by atoms with Gasteiger partial charge in [-0.3, -0.25) is 4.99 Å². The molecule has 4 N–H and O–H groups in total. The number of rotatable bonds is 11. The highest BCUT2D eigenvalue weighted by Crippen LogP contribution is 2.26. The number of nitrogens with one attached hydrogen (secondary N) is 2. The van der Waals surface area contributed by atoms with E-state index < -0.39 is 6.29 Å². The third-order valence-electron chi connectivity index (χ3n) is 4.69. The highest BCUT2D eigenvalue weighted by molar-refractivity contribution is 5.80. The lowest BCUT2D eigenvalue weighted by Gasteiger charge is -2.18. The van der Waals surface area contributed by atoms with Crippen LogP contribution in [0, 0.1) is 6.92 Å². The van der Waals surface area contributed by atoms with Crippen molar-refractivity contribution in [1.29, 1.82) is 0 Å². The van der Waals surface area contributed by atoms with Crippen LogP contribution in [0.15, 0.2) is 17.4 Å². The van der Waals surface area contributed by atoms with Gasteiger partial charge in [-0.25, -0.2) is 9.97 Å². The van der Waals surface area contributed by atoms with Gasteiger partial charge in [0.15, 0.2) is 12.2 Å². The number of unbranched alkanes of at least 4 members (excludes halogenated alkanes) is 4. The zero-order valence-electron chi connectivity index (χ0n) is 15.8. The monoisotopic (exact) mass is 363 g/mol. The number of nitrogens with zero attached hydrogens (tertiary/aromatic N) is 3. The summed E-state index contributed by atoms with van der Waals surface area (Å²) in [5, 5.41) is 25.3. The first-order chi connectivity index (χ1) is 12.6. The third kappa shape index (κ3) is 8.10. The lowest BCUT2D eigenvalue weighted by Crippen LogP contribution is -2.41. The number of aromatic nitrogens is 2. The molecular weight excluding hydrogens is 330 g/mol. The second kappa shape index (κ2) is 11.8. The van der Waals surface area contributed by atoms with Gasteiger partial charge in [0.1, 0.15) is 5.82 Å². The molecule has 0 amide bonds. The Morgan fingerprint density at radius 2 is 1.85 bits per heavy atom. The smallest absolute Gasteiger partial charge is 0.191 e. The molecule has 1 aromatic rings. The molecule has 26 heavy (non-hydrogen) atoms. The molecule has 0 radical (unpaired) electrons. The standard InChI is InChI=1S/C19H33N5O2/c1-15-23-13-17(14-24-15)16(12-18(25)26)8-5-3-2-4-6-9-20-19-21-10-7-11-22-19/h13-14,16,18,25-26H,2-12H2,1H3,(H2,20,21,22). The predicted molar refractivity (Wildman–Crippen MR) is 103 cm³/mol. The average Bonchev–Trinajstić information content (AvgIpc) is 2.64. The number of hydrogen-bond acceptors (Lipinski definition) is 7. The highest BCUT2D eigenvalue weighted by Gasteiger charge is 2.15. The summed E-state index contributed by atoms with van der Waals surface area (Å²) >= 11 is 0. The Kier molecular flexibility index (Phi) is 9.34. The van der Waals surface area contributed by atoms with Crippen LogP contribution in [0.3, 0.4) is 0 Å². The molecule has 1 aliphatic rings. The second-order valence-corrected chi connectivity index (χ2v) is 6.97. The first-order valence-corrected chi connectivity index (χ1v) is 9.82. The van der Waals surface area contributed by atoms with E-state index >= 15 is 0 Å². The van der Waals surface area contributed by atoms with Crippen molar-refractivity contribution < 1.29 is 10.2 Å². The van der Waals surface area contributed by atoms with E-state index in [4.69, 9.17) is 0 Å². The van der Waals surface area contributed by atoms with E-state index in [0.717, 1.165) is 69.1 Å². The molecule has 1 aliphatic heterocycles. The van der Waals surface area contributed by atoms with Crippen molar-refractivity contribution in [3.8, 4) is 0 Å². The minimum atomic E-state index is -1.29. The van der Waals surface area contributed by atoms with Crippen LogP contribution in [0.25, 0.3) is 0 Å². The van der Waals surface area contributed by atoms with Gasteiger partial charge in [0, 0.05) is 38.4 Å². The Balaban J connectivity index is 1.58.